The number of nitrogens with one attached hydrogen (secondary N) is 1. The predicted octanol–water partition coefficient (Wildman–Crippen LogP) is 3.46. The van der Waals surface area contributed by atoms with Crippen molar-refractivity contribution < 1.29 is 14.1 Å². The van der Waals surface area contributed by atoms with Crippen LogP contribution < -0.4 is 10.1 Å². The number of anilines is 1. The van der Waals surface area contributed by atoms with Gasteiger partial charge in [-0.25, -0.2) is 0 Å². The fourth-order valence-corrected chi connectivity index (χ4v) is 3.01. The van der Waals surface area contributed by atoms with E-state index in [0.29, 0.717) is 5.92 Å². The molecule has 5 heteroatoms. The largest absolute Gasteiger partial charge is 0.478 e. The second-order valence-electron chi connectivity index (χ2n) is 6.18. The molecular formula is C17H18N2O3. The van der Waals surface area contributed by atoms with Crippen LogP contribution in [0.15, 0.2) is 22.7 Å². The van der Waals surface area contributed by atoms with Crippen LogP contribution in [0.5, 0.6) is 5.75 Å². The van der Waals surface area contributed by atoms with Crippen LogP contribution in [0.25, 0.3) is 11.1 Å². The van der Waals surface area contributed by atoms with Crippen molar-refractivity contribution in [1.82, 2.24) is 5.16 Å². The minimum atomic E-state index is -0.375. The number of aryl methyl sites for hydroxylation is 2. The summed E-state index contributed by atoms with van der Waals surface area (Å²) < 4.78 is 11.2. The number of carbonyl (C=O) groups is 1. The molecule has 5 nitrogen and oxygen atoms in total. The zero-order chi connectivity index (χ0) is 15.3. The van der Waals surface area contributed by atoms with Gasteiger partial charge in [0, 0.05) is 5.56 Å². The van der Waals surface area contributed by atoms with E-state index < -0.39 is 0 Å². The molecule has 1 aliphatic heterocycles. The van der Waals surface area contributed by atoms with Gasteiger partial charge in [0.15, 0.2) is 6.10 Å². The number of carbonyl (C=O) groups excluding carboxylic acids is 1. The van der Waals surface area contributed by atoms with Crippen LogP contribution in [0, 0.1) is 19.8 Å². The number of nitrogens with zero attached hydrogens (tertiary/aromatic N) is 1. The quantitative estimate of drug-likeness (QED) is 0.942. The number of hydrogen-bond acceptors (Lipinski definition) is 4. The Labute approximate surface area is 128 Å². The third-order valence-electron chi connectivity index (χ3n) is 4.37. The minimum absolute atomic E-state index is 0.0375. The van der Waals surface area contributed by atoms with E-state index in [4.69, 9.17) is 9.26 Å². The van der Waals surface area contributed by atoms with Gasteiger partial charge in [0.2, 0.25) is 0 Å². The van der Waals surface area contributed by atoms with E-state index in [0.717, 1.165) is 40.4 Å². The van der Waals surface area contributed by atoms with Gasteiger partial charge in [-0.2, -0.15) is 0 Å². The molecule has 1 amide bonds. The maximum absolute atomic E-state index is 12.1. The van der Waals surface area contributed by atoms with Crippen molar-refractivity contribution in [3.63, 3.8) is 0 Å². The third-order valence-corrected chi connectivity index (χ3v) is 4.37. The van der Waals surface area contributed by atoms with Crippen molar-refractivity contribution in [3.05, 3.63) is 29.7 Å². The highest BCUT2D eigenvalue weighted by atomic mass is 16.5. The maximum Gasteiger partial charge on any atom is 0.265 e. The maximum atomic E-state index is 12.1. The van der Waals surface area contributed by atoms with Crippen molar-refractivity contribution in [3.8, 4) is 16.9 Å². The van der Waals surface area contributed by atoms with Gasteiger partial charge in [0.25, 0.3) is 5.91 Å². The van der Waals surface area contributed by atoms with Crippen molar-refractivity contribution in [2.45, 2.75) is 39.2 Å². The zero-order valence-electron chi connectivity index (χ0n) is 12.7. The van der Waals surface area contributed by atoms with E-state index in [1.807, 2.05) is 32.0 Å². The molecule has 1 aromatic heterocycles. The summed E-state index contributed by atoms with van der Waals surface area (Å²) in [5.41, 5.74) is 3.57. The Morgan fingerprint density at radius 3 is 2.82 bits per heavy atom. The molecule has 1 fully saturated rings. The average molecular weight is 298 g/mol. The van der Waals surface area contributed by atoms with E-state index in [-0.39, 0.29) is 12.0 Å². The minimum Gasteiger partial charge on any atom is -0.478 e. The van der Waals surface area contributed by atoms with Gasteiger partial charge in [-0.3, -0.25) is 4.79 Å². The highest BCUT2D eigenvalue weighted by molar-refractivity contribution is 5.98. The Morgan fingerprint density at radius 2 is 2.14 bits per heavy atom. The Hall–Kier alpha value is -2.30. The van der Waals surface area contributed by atoms with Crippen LogP contribution in [0.1, 0.15) is 30.7 Å². The first-order chi connectivity index (χ1) is 10.6. The van der Waals surface area contributed by atoms with E-state index >= 15 is 0 Å². The summed E-state index contributed by atoms with van der Waals surface area (Å²) in [6, 6.07) is 5.79. The number of fused-ring (bicyclic) bond motifs is 1. The Balaban J connectivity index is 1.67. The van der Waals surface area contributed by atoms with Gasteiger partial charge in [-0.05, 0) is 43.9 Å². The molecular weight excluding hydrogens is 280 g/mol. The molecule has 0 saturated heterocycles. The highest BCUT2D eigenvalue weighted by Gasteiger charge is 2.34. The Kier molecular flexibility index (Phi) is 2.96. The molecule has 0 radical (unpaired) electrons. The molecule has 1 aromatic carbocycles. The lowest BCUT2D eigenvalue weighted by molar-refractivity contribution is -0.124. The lowest BCUT2D eigenvalue weighted by Gasteiger charge is -2.26. The molecule has 1 saturated carbocycles. The summed E-state index contributed by atoms with van der Waals surface area (Å²) in [5.74, 6) is 2.11. The molecule has 22 heavy (non-hydrogen) atoms. The second kappa shape index (κ2) is 4.87. The van der Waals surface area contributed by atoms with Crippen LogP contribution in [0.4, 0.5) is 5.69 Å². The number of benzene rings is 1. The van der Waals surface area contributed by atoms with Crippen molar-refractivity contribution in [2.75, 3.05) is 5.32 Å². The topological polar surface area (TPSA) is 64.4 Å². The molecule has 114 valence electrons. The number of amides is 1. The van der Waals surface area contributed by atoms with Crippen molar-refractivity contribution >= 4 is 11.6 Å². The first-order valence-corrected chi connectivity index (χ1v) is 7.66. The molecule has 4 rings (SSSR count). The van der Waals surface area contributed by atoms with Gasteiger partial charge < -0.3 is 14.6 Å². The van der Waals surface area contributed by atoms with E-state index in [2.05, 4.69) is 10.5 Å². The summed E-state index contributed by atoms with van der Waals surface area (Å²) in [4.78, 5) is 12.1. The monoisotopic (exact) mass is 298 g/mol. The smallest absolute Gasteiger partial charge is 0.265 e. The molecule has 2 aromatic rings. The van der Waals surface area contributed by atoms with Gasteiger partial charge in [0.1, 0.15) is 11.5 Å². The van der Waals surface area contributed by atoms with E-state index in [1.165, 1.54) is 12.8 Å². The Bertz CT molecular complexity index is 727. The summed E-state index contributed by atoms with van der Waals surface area (Å²) >= 11 is 0. The summed E-state index contributed by atoms with van der Waals surface area (Å²) in [5, 5.41) is 6.94. The van der Waals surface area contributed by atoms with E-state index in [1.54, 1.807) is 0 Å². The van der Waals surface area contributed by atoms with Gasteiger partial charge >= 0.3 is 0 Å². The predicted molar refractivity (Wildman–Crippen MR) is 81.8 cm³/mol. The molecule has 1 aliphatic carbocycles. The van der Waals surface area contributed by atoms with Crippen LogP contribution in [-0.4, -0.2) is 17.2 Å². The molecule has 1 unspecified atom stereocenters. The summed E-state index contributed by atoms with van der Waals surface area (Å²) in [6.07, 6.45) is 2.85. The fraction of sp³-hybridized carbons (Fsp3) is 0.412. The van der Waals surface area contributed by atoms with Crippen molar-refractivity contribution in [1.29, 1.82) is 0 Å². The molecule has 2 aliphatic rings. The Morgan fingerprint density at radius 1 is 1.32 bits per heavy atom. The standard InChI is InChI=1S/C17H18N2O3/c1-9-16(10(2)22-19-9)12-5-6-13-14(8-12)21-15(17(20)18-13)7-11-3-4-11/h5-6,8,11,15H,3-4,7H2,1-2H3,(H,18,20). The average Bonchev–Trinajstić information content (AvgIpc) is 3.24. The van der Waals surface area contributed by atoms with Crippen LogP contribution in [0.2, 0.25) is 0 Å². The molecule has 0 bridgehead atoms. The number of hydrogen-bond donors (Lipinski definition) is 1. The van der Waals surface area contributed by atoms with Gasteiger partial charge in [0.05, 0.1) is 11.4 Å². The third kappa shape index (κ3) is 2.26. The number of rotatable bonds is 3. The van der Waals surface area contributed by atoms with Gasteiger partial charge in [-0.15, -0.1) is 0 Å². The molecule has 0 spiro atoms. The van der Waals surface area contributed by atoms with E-state index in [9.17, 15) is 4.79 Å². The van der Waals surface area contributed by atoms with Crippen molar-refractivity contribution in [2.24, 2.45) is 5.92 Å². The highest BCUT2D eigenvalue weighted by Crippen LogP contribution is 2.40. The first kappa shape index (κ1) is 13.4. The van der Waals surface area contributed by atoms with Crippen LogP contribution in [-0.2, 0) is 4.79 Å². The van der Waals surface area contributed by atoms with Crippen LogP contribution in [0.3, 0.4) is 0 Å². The molecule has 1 atom stereocenters. The van der Waals surface area contributed by atoms with Crippen LogP contribution >= 0.6 is 0 Å². The fourth-order valence-electron chi connectivity index (χ4n) is 3.01. The normalized spacial score (nSPS) is 20.3. The molecule has 2 heterocycles. The lowest BCUT2D eigenvalue weighted by atomic mass is 10.0. The summed E-state index contributed by atoms with van der Waals surface area (Å²) in [6.45, 7) is 3.82. The van der Waals surface area contributed by atoms with Gasteiger partial charge in [-0.1, -0.05) is 24.1 Å². The zero-order valence-corrected chi connectivity index (χ0v) is 12.7. The SMILES string of the molecule is Cc1noc(C)c1-c1ccc2c(c1)OC(CC1CC1)C(=O)N2. The molecule has 1 N–H and O–H groups in total. The number of ether oxygens (including phenoxy) is 1. The number of aromatic nitrogens is 1. The summed E-state index contributed by atoms with van der Waals surface area (Å²) in [7, 11) is 0. The first-order valence-electron chi connectivity index (χ1n) is 7.66. The lowest BCUT2D eigenvalue weighted by Crippen LogP contribution is -2.37. The second-order valence-corrected chi connectivity index (χ2v) is 6.18.